The molecule has 1 aliphatic heterocycles. The van der Waals surface area contributed by atoms with Crippen LogP contribution in [-0.2, 0) is 11.3 Å². The first-order chi connectivity index (χ1) is 9.11. The van der Waals surface area contributed by atoms with E-state index in [9.17, 15) is 14.3 Å². The smallest absolute Gasteiger partial charge is 0.320 e. The largest absolute Gasteiger partial charge is 0.496 e. The summed E-state index contributed by atoms with van der Waals surface area (Å²) in [5.74, 6) is -0.550. The molecule has 1 aromatic rings. The molecule has 1 heterocycles. The van der Waals surface area contributed by atoms with Crippen molar-refractivity contribution in [2.45, 2.75) is 31.8 Å². The lowest BCUT2D eigenvalue weighted by molar-refractivity contribution is -0.144. The maximum atomic E-state index is 13.3. The van der Waals surface area contributed by atoms with E-state index >= 15 is 0 Å². The Balaban J connectivity index is 2.18. The third-order valence-corrected chi connectivity index (χ3v) is 3.51. The summed E-state index contributed by atoms with van der Waals surface area (Å²) in [4.78, 5) is 13.1. The van der Waals surface area contributed by atoms with Crippen LogP contribution in [0.1, 0.15) is 24.8 Å². The number of ether oxygens (including phenoxy) is 1. The SMILES string of the molecule is COc1ccc(F)cc1CN1CCCCC1C(=O)O. The normalized spacial score (nSPS) is 20.2. The van der Waals surface area contributed by atoms with E-state index < -0.39 is 12.0 Å². The number of carboxylic acid groups (broad SMARTS) is 1. The van der Waals surface area contributed by atoms with Crippen molar-refractivity contribution in [1.82, 2.24) is 4.90 Å². The van der Waals surface area contributed by atoms with E-state index in [0.29, 0.717) is 24.3 Å². The van der Waals surface area contributed by atoms with E-state index in [4.69, 9.17) is 4.74 Å². The Labute approximate surface area is 111 Å². The van der Waals surface area contributed by atoms with Crippen molar-refractivity contribution in [2.75, 3.05) is 13.7 Å². The zero-order chi connectivity index (χ0) is 13.8. The molecule has 0 aliphatic carbocycles. The molecule has 0 aromatic heterocycles. The van der Waals surface area contributed by atoms with E-state index in [2.05, 4.69) is 0 Å². The Bertz CT molecular complexity index is 464. The summed E-state index contributed by atoms with van der Waals surface area (Å²) in [6.45, 7) is 1.12. The number of likely N-dealkylation sites (tertiary alicyclic amines) is 1. The molecule has 0 saturated carbocycles. The number of carboxylic acids is 1. The number of carbonyl (C=O) groups is 1. The van der Waals surface area contributed by atoms with Crippen LogP contribution in [-0.4, -0.2) is 35.7 Å². The summed E-state index contributed by atoms with van der Waals surface area (Å²) < 4.78 is 18.5. The molecule has 4 nitrogen and oxygen atoms in total. The second-order valence-electron chi connectivity index (χ2n) is 4.78. The van der Waals surface area contributed by atoms with E-state index in [-0.39, 0.29) is 5.82 Å². The molecule has 0 amide bonds. The topological polar surface area (TPSA) is 49.8 Å². The zero-order valence-electron chi connectivity index (χ0n) is 10.9. The summed E-state index contributed by atoms with van der Waals surface area (Å²) in [7, 11) is 1.53. The molecule has 1 atom stereocenters. The average molecular weight is 267 g/mol. The van der Waals surface area contributed by atoms with Gasteiger partial charge in [-0.1, -0.05) is 6.42 Å². The van der Waals surface area contributed by atoms with Gasteiger partial charge < -0.3 is 9.84 Å². The molecule has 1 unspecified atom stereocenters. The zero-order valence-corrected chi connectivity index (χ0v) is 10.9. The van der Waals surface area contributed by atoms with Crippen molar-refractivity contribution >= 4 is 5.97 Å². The number of halogens is 1. The van der Waals surface area contributed by atoms with Gasteiger partial charge in [0.2, 0.25) is 0 Å². The highest BCUT2D eigenvalue weighted by Crippen LogP contribution is 2.25. The van der Waals surface area contributed by atoms with Crippen LogP contribution in [0.25, 0.3) is 0 Å². The molecule has 19 heavy (non-hydrogen) atoms. The number of hydrogen-bond acceptors (Lipinski definition) is 3. The number of rotatable bonds is 4. The van der Waals surface area contributed by atoms with E-state index in [1.54, 1.807) is 6.07 Å². The number of aliphatic carboxylic acids is 1. The van der Waals surface area contributed by atoms with Crippen LogP contribution in [0.4, 0.5) is 4.39 Å². The van der Waals surface area contributed by atoms with Crippen LogP contribution < -0.4 is 4.74 Å². The van der Waals surface area contributed by atoms with Gasteiger partial charge in [0, 0.05) is 12.1 Å². The van der Waals surface area contributed by atoms with Crippen molar-refractivity contribution in [1.29, 1.82) is 0 Å². The fraction of sp³-hybridized carbons (Fsp3) is 0.500. The summed E-state index contributed by atoms with van der Waals surface area (Å²) in [5.41, 5.74) is 0.690. The molecule has 1 aliphatic rings. The predicted octanol–water partition coefficient (Wildman–Crippen LogP) is 2.27. The van der Waals surface area contributed by atoms with Crippen LogP contribution in [0.2, 0.25) is 0 Å². The molecule has 0 radical (unpaired) electrons. The van der Waals surface area contributed by atoms with Crippen molar-refractivity contribution in [2.24, 2.45) is 0 Å². The van der Waals surface area contributed by atoms with E-state index in [1.165, 1.54) is 19.2 Å². The second-order valence-corrected chi connectivity index (χ2v) is 4.78. The fourth-order valence-electron chi connectivity index (χ4n) is 2.55. The number of hydrogen-bond donors (Lipinski definition) is 1. The minimum atomic E-state index is -0.810. The van der Waals surface area contributed by atoms with Gasteiger partial charge in [0.05, 0.1) is 7.11 Å². The average Bonchev–Trinajstić information content (AvgIpc) is 2.39. The summed E-state index contributed by atoms with van der Waals surface area (Å²) in [5, 5.41) is 9.22. The molecule has 1 saturated heterocycles. The minimum Gasteiger partial charge on any atom is -0.496 e. The molecule has 0 spiro atoms. The molecule has 1 N–H and O–H groups in total. The van der Waals surface area contributed by atoms with Crippen LogP contribution in [0.3, 0.4) is 0 Å². The Morgan fingerprint density at radius 3 is 3.00 bits per heavy atom. The maximum absolute atomic E-state index is 13.3. The summed E-state index contributed by atoms with van der Waals surface area (Å²) >= 11 is 0. The molecule has 1 fully saturated rings. The Morgan fingerprint density at radius 2 is 2.32 bits per heavy atom. The second kappa shape index (κ2) is 6.02. The van der Waals surface area contributed by atoms with E-state index in [0.717, 1.165) is 19.4 Å². The predicted molar refractivity (Wildman–Crippen MR) is 68.6 cm³/mol. The Morgan fingerprint density at radius 1 is 1.53 bits per heavy atom. The summed E-state index contributed by atoms with van der Waals surface area (Å²) in [6, 6.07) is 3.84. The van der Waals surface area contributed by atoms with Gasteiger partial charge in [0.25, 0.3) is 0 Å². The molecule has 2 rings (SSSR count). The maximum Gasteiger partial charge on any atom is 0.320 e. The third-order valence-electron chi connectivity index (χ3n) is 3.51. The first-order valence-corrected chi connectivity index (χ1v) is 6.41. The van der Waals surface area contributed by atoms with Crippen LogP contribution in [0, 0.1) is 5.82 Å². The van der Waals surface area contributed by atoms with E-state index in [1.807, 2.05) is 4.90 Å². The molecular weight excluding hydrogens is 249 g/mol. The lowest BCUT2D eigenvalue weighted by atomic mass is 10.0. The van der Waals surface area contributed by atoms with Crippen LogP contribution in [0.5, 0.6) is 5.75 Å². The van der Waals surface area contributed by atoms with Gasteiger partial charge >= 0.3 is 5.97 Å². The molecule has 104 valence electrons. The molecule has 0 bridgehead atoms. The van der Waals surface area contributed by atoms with Crippen LogP contribution in [0.15, 0.2) is 18.2 Å². The Kier molecular flexibility index (Phi) is 4.37. The Hall–Kier alpha value is -1.62. The molecule has 1 aromatic carbocycles. The van der Waals surface area contributed by atoms with Gasteiger partial charge in [0.15, 0.2) is 0 Å². The standard InChI is InChI=1S/C14H18FNO3/c1-19-13-6-5-11(15)8-10(13)9-16-7-3-2-4-12(16)14(17)18/h5-6,8,12H,2-4,7,9H2,1H3,(H,17,18). The van der Waals surface area contributed by atoms with Crippen molar-refractivity contribution in [3.63, 3.8) is 0 Å². The number of nitrogens with zero attached hydrogens (tertiary/aromatic N) is 1. The van der Waals surface area contributed by atoms with Gasteiger partial charge in [-0.3, -0.25) is 9.69 Å². The van der Waals surface area contributed by atoms with Gasteiger partial charge in [-0.25, -0.2) is 4.39 Å². The van der Waals surface area contributed by atoms with Gasteiger partial charge in [-0.05, 0) is 37.6 Å². The van der Waals surface area contributed by atoms with Crippen molar-refractivity contribution in [3.8, 4) is 5.75 Å². The first kappa shape index (κ1) is 13.8. The first-order valence-electron chi connectivity index (χ1n) is 6.41. The summed E-state index contributed by atoms with van der Waals surface area (Å²) in [6.07, 6.45) is 2.54. The fourth-order valence-corrected chi connectivity index (χ4v) is 2.55. The number of piperidine rings is 1. The van der Waals surface area contributed by atoms with Crippen molar-refractivity contribution < 1.29 is 19.0 Å². The monoisotopic (exact) mass is 267 g/mol. The highest BCUT2D eigenvalue weighted by atomic mass is 19.1. The highest BCUT2D eigenvalue weighted by Gasteiger charge is 2.28. The molecule has 5 heteroatoms. The molecular formula is C14H18FNO3. The van der Waals surface area contributed by atoms with Gasteiger partial charge in [0.1, 0.15) is 17.6 Å². The minimum absolute atomic E-state index is 0.334. The van der Waals surface area contributed by atoms with Gasteiger partial charge in [-0.15, -0.1) is 0 Å². The third kappa shape index (κ3) is 3.23. The quantitative estimate of drug-likeness (QED) is 0.909. The number of benzene rings is 1. The number of methoxy groups -OCH3 is 1. The lowest BCUT2D eigenvalue weighted by Gasteiger charge is -2.33. The van der Waals surface area contributed by atoms with Crippen molar-refractivity contribution in [3.05, 3.63) is 29.6 Å². The van der Waals surface area contributed by atoms with Crippen LogP contribution >= 0.6 is 0 Å². The highest BCUT2D eigenvalue weighted by molar-refractivity contribution is 5.73. The van der Waals surface area contributed by atoms with Gasteiger partial charge in [-0.2, -0.15) is 0 Å². The lowest BCUT2D eigenvalue weighted by Crippen LogP contribution is -2.44.